The predicted octanol–water partition coefficient (Wildman–Crippen LogP) is 5.82. The quantitative estimate of drug-likeness (QED) is 0.239. The molecule has 0 bridgehead atoms. The highest BCUT2D eigenvalue weighted by atomic mass is 35.5. The van der Waals surface area contributed by atoms with E-state index in [9.17, 15) is 13.2 Å². The first-order chi connectivity index (χ1) is 15.3. The molecule has 0 unspecified atom stereocenters. The summed E-state index contributed by atoms with van der Waals surface area (Å²) in [5.41, 5.74) is 0.963. The van der Waals surface area contributed by atoms with Crippen molar-refractivity contribution in [1.29, 1.82) is 0 Å². The van der Waals surface area contributed by atoms with Crippen LogP contribution in [-0.2, 0) is 15.6 Å². The highest BCUT2D eigenvalue weighted by molar-refractivity contribution is 8.00. The zero-order valence-electron chi connectivity index (χ0n) is 16.0. The molecule has 32 heavy (non-hydrogen) atoms. The molecule has 0 aliphatic rings. The number of benzene rings is 2. The van der Waals surface area contributed by atoms with Crippen molar-refractivity contribution in [3.8, 4) is 0 Å². The number of anilines is 1. The van der Waals surface area contributed by atoms with Gasteiger partial charge >= 0.3 is 0 Å². The van der Waals surface area contributed by atoms with Crippen LogP contribution in [0, 0.1) is 0 Å². The first-order valence-electron chi connectivity index (χ1n) is 8.94. The van der Waals surface area contributed by atoms with Crippen LogP contribution in [0.25, 0.3) is 0 Å². The molecule has 0 saturated carbocycles. The van der Waals surface area contributed by atoms with Crippen molar-refractivity contribution < 1.29 is 17.6 Å². The van der Waals surface area contributed by atoms with Gasteiger partial charge < -0.3 is 4.42 Å². The highest BCUT2D eigenvalue weighted by Gasteiger charge is 2.24. The van der Waals surface area contributed by atoms with Gasteiger partial charge in [0.15, 0.2) is 10.1 Å². The van der Waals surface area contributed by atoms with Gasteiger partial charge in [-0.05, 0) is 48.0 Å². The van der Waals surface area contributed by atoms with Crippen molar-refractivity contribution in [2.75, 3.05) is 5.32 Å². The molecule has 164 valence electrons. The molecule has 0 aliphatic heterocycles. The summed E-state index contributed by atoms with van der Waals surface area (Å²) in [6, 6.07) is 15.7. The zero-order chi connectivity index (χ0) is 22.7. The van der Waals surface area contributed by atoms with Crippen molar-refractivity contribution in [1.82, 2.24) is 10.2 Å². The SMILES string of the molecule is O=C(Nc1nnc(SCc2ccccc2Cl)s1)c1ccc(S(=O)(=O)c2ccc(Cl)cc2)o1. The van der Waals surface area contributed by atoms with Crippen molar-refractivity contribution in [3.63, 3.8) is 0 Å². The lowest BCUT2D eigenvalue weighted by molar-refractivity contribution is 0.0991. The number of thioether (sulfide) groups is 1. The zero-order valence-corrected chi connectivity index (χ0v) is 20.0. The summed E-state index contributed by atoms with van der Waals surface area (Å²) in [6.45, 7) is 0. The Bertz CT molecular complexity index is 1370. The molecule has 1 N–H and O–H groups in total. The largest absolute Gasteiger partial charge is 0.439 e. The first kappa shape index (κ1) is 22.8. The van der Waals surface area contributed by atoms with Gasteiger partial charge in [0.1, 0.15) is 0 Å². The lowest BCUT2D eigenvalue weighted by atomic mass is 10.2. The van der Waals surface area contributed by atoms with E-state index in [0.29, 0.717) is 20.1 Å². The summed E-state index contributed by atoms with van der Waals surface area (Å²) in [5.74, 6) is -0.203. The van der Waals surface area contributed by atoms with E-state index in [4.69, 9.17) is 27.6 Å². The molecule has 2 heterocycles. The summed E-state index contributed by atoms with van der Waals surface area (Å²) in [5, 5.41) is 11.5. The molecule has 7 nitrogen and oxygen atoms in total. The Labute approximate surface area is 201 Å². The standard InChI is InChI=1S/C20H13Cl2N3O4S3/c21-13-5-7-14(8-6-13)32(27,28)17-10-9-16(29-17)18(26)23-19-24-25-20(31-19)30-11-12-3-1-2-4-15(12)22/h1-10H,11H2,(H,23,24,26). The smallest absolute Gasteiger partial charge is 0.293 e. The van der Waals surface area contributed by atoms with Crippen LogP contribution in [0.1, 0.15) is 16.1 Å². The van der Waals surface area contributed by atoms with E-state index < -0.39 is 15.7 Å². The van der Waals surface area contributed by atoms with E-state index in [1.54, 1.807) is 0 Å². The van der Waals surface area contributed by atoms with Crippen molar-refractivity contribution in [2.45, 2.75) is 20.1 Å². The normalized spacial score (nSPS) is 11.4. The van der Waals surface area contributed by atoms with E-state index in [0.717, 1.165) is 5.56 Å². The minimum Gasteiger partial charge on any atom is -0.439 e. The van der Waals surface area contributed by atoms with E-state index in [1.165, 1.54) is 59.5 Å². The van der Waals surface area contributed by atoms with Crippen LogP contribution in [-0.4, -0.2) is 24.5 Å². The van der Waals surface area contributed by atoms with Gasteiger partial charge in [-0.25, -0.2) is 8.42 Å². The fraction of sp³-hybridized carbons (Fsp3) is 0.0500. The average molecular weight is 526 g/mol. The van der Waals surface area contributed by atoms with Gasteiger partial charge in [0.25, 0.3) is 5.91 Å². The van der Waals surface area contributed by atoms with Crippen LogP contribution in [0.3, 0.4) is 0 Å². The predicted molar refractivity (Wildman–Crippen MR) is 124 cm³/mol. The molecule has 0 aliphatic carbocycles. The number of hydrogen-bond acceptors (Lipinski definition) is 8. The third-order valence-electron chi connectivity index (χ3n) is 4.13. The number of carbonyl (C=O) groups excluding carboxylic acids is 1. The molecule has 12 heteroatoms. The molecular formula is C20H13Cl2N3O4S3. The average Bonchev–Trinajstić information content (AvgIpc) is 3.44. The maximum absolute atomic E-state index is 12.7. The second-order valence-corrected chi connectivity index (χ2v) is 11.2. The van der Waals surface area contributed by atoms with Gasteiger partial charge in [-0.3, -0.25) is 10.1 Å². The number of nitrogens with one attached hydrogen (secondary N) is 1. The molecule has 1 amide bonds. The summed E-state index contributed by atoms with van der Waals surface area (Å²) in [6.07, 6.45) is 0. The van der Waals surface area contributed by atoms with E-state index in [1.807, 2.05) is 24.3 Å². The Balaban J connectivity index is 1.41. The van der Waals surface area contributed by atoms with E-state index >= 15 is 0 Å². The fourth-order valence-electron chi connectivity index (χ4n) is 2.55. The van der Waals surface area contributed by atoms with Crippen molar-refractivity contribution >= 4 is 67.2 Å². The van der Waals surface area contributed by atoms with Crippen LogP contribution < -0.4 is 5.32 Å². The molecule has 0 saturated heterocycles. The van der Waals surface area contributed by atoms with Gasteiger partial charge in [0.05, 0.1) is 4.90 Å². The van der Waals surface area contributed by atoms with Gasteiger partial charge in [0, 0.05) is 15.8 Å². The Morgan fingerprint density at radius 1 is 1.03 bits per heavy atom. The Kier molecular flexibility index (Phi) is 6.87. The lowest BCUT2D eigenvalue weighted by Crippen LogP contribution is -2.10. The number of halogens is 2. The number of carbonyl (C=O) groups is 1. The monoisotopic (exact) mass is 525 g/mol. The van der Waals surface area contributed by atoms with Crippen LogP contribution in [0.5, 0.6) is 0 Å². The van der Waals surface area contributed by atoms with Gasteiger partial charge in [0.2, 0.25) is 20.1 Å². The van der Waals surface area contributed by atoms with Crippen LogP contribution >= 0.6 is 46.3 Å². The Morgan fingerprint density at radius 3 is 2.53 bits per heavy atom. The Hall–Kier alpha value is -2.37. The highest BCUT2D eigenvalue weighted by Crippen LogP contribution is 2.31. The summed E-state index contributed by atoms with van der Waals surface area (Å²) < 4.78 is 31.2. The molecule has 0 spiro atoms. The molecule has 4 aromatic rings. The van der Waals surface area contributed by atoms with E-state index in [2.05, 4.69) is 15.5 Å². The summed E-state index contributed by atoms with van der Waals surface area (Å²) in [4.78, 5) is 12.5. The van der Waals surface area contributed by atoms with Gasteiger partial charge in [-0.1, -0.05) is 64.5 Å². The molecule has 0 radical (unpaired) electrons. The van der Waals surface area contributed by atoms with Crippen molar-refractivity contribution in [3.05, 3.63) is 82.0 Å². The second-order valence-electron chi connectivity index (χ2n) is 6.28. The summed E-state index contributed by atoms with van der Waals surface area (Å²) in [7, 11) is -3.92. The van der Waals surface area contributed by atoms with Gasteiger partial charge in [-0.15, -0.1) is 10.2 Å². The van der Waals surface area contributed by atoms with Crippen LogP contribution in [0.2, 0.25) is 10.0 Å². The number of aromatic nitrogens is 2. The molecule has 2 aromatic heterocycles. The van der Waals surface area contributed by atoms with Gasteiger partial charge in [-0.2, -0.15) is 0 Å². The molecule has 4 rings (SSSR count). The number of amides is 1. The Morgan fingerprint density at radius 2 is 1.78 bits per heavy atom. The fourth-order valence-corrected chi connectivity index (χ4v) is 5.88. The minimum atomic E-state index is -3.92. The molecule has 0 fully saturated rings. The van der Waals surface area contributed by atoms with Crippen LogP contribution in [0.4, 0.5) is 5.13 Å². The maximum atomic E-state index is 12.7. The second kappa shape index (κ2) is 9.63. The third kappa shape index (κ3) is 5.16. The van der Waals surface area contributed by atoms with Crippen molar-refractivity contribution in [2.24, 2.45) is 0 Å². The number of rotatable bonds is 7. The number of sulfone groups is 1. The van der Waals surface area contributed by atoms with Crippen LogP contribution in [0.15, 0.2) is 79.4 Å². The number of nitrogens with zero attached hydrogens (tertiary/aromatic N) is 2. The first-order valence-corrected chi connectivity index (χ1v) is 13.0. The lowest BCUT2D eigenvalue weighted by Gasteiger charge is -2.01. The molecular weight excluding hydrogens is 513 g/mol. The topological polar surface area (TPSA) is 102 Å². The summed E-state index contributed by atoms with van der Waals surface area (Å²) >= 11 is 14.6. The minimum absolute atomic E-state index is 0.00696. The number of furan rings is 1. The third-order valence-corrected chi connectivity index (χ3v) is 8.41. The maximum Gasteiger partial charge on any atom is 0.293 e. The number of hydrogen-bond donors (Lipinski definition) is 1. The van der Waals surface area contributed by atoms with E-state index in [-0.39, 0.29) is 20.9 Å². The molecule has 2 aromatic carbocycles. The molecule has 0 atom stereocenters.